The van der Waals surface area contributed by atoms with E-state index in [0.29, 0.717) is 17.2 Å². The number of hydrogen-bond donors (Lipinski definition) is 1. The van der Waals surface area contributed by atoms with Gasteiger partial charge in [-0.3, -0.25) is 9.59 Å². The Hall–Kier alpha value is -3.28. The van der Waals surface area contributed by atoms with Crippen LogP contribution in [-0.2, 0) is 9.59 Å². The van der Waals surface area contributed by atoms with Gasteiger partial charge in [-0.05, 0) is 35.4 Å². The SMILES string of the molecule is COc1cc(C=Cc2ccc(OC(=O)CCC(=O)O)cc2)cc(OC)c1. The fourth-order valence-electron chi connectivity index (χ4n) is 2.16. The minimum Gasteiger partial charge on any atom is -0.497 e. The molecular weight excluding hydrogens is 336 g/mol. The van der Waals surface area contributed by atoms with Gasteiger partial charge in [0, 0.05) is 6.07 Å². The third-order valence-corrected chi connectivity index (χ3v) is 3.50. The Morgan fingerprint density at radius 3 is 1.96 bits per heavy atom. The number of carboxylic acid groups (broad SMARTS) is 1. The molecule has 0 unspecified atom stereocenters. The quantitative estimate of drug-likeness (QED) is 0.442. The van der Waals surface area contributed by atoms with Gasteiger partial charge < -0.3 is 19.3 Å². The van der Waals surface area contributed by atoms with E-state index in [1.54, 1.807) is 44.6 Å². The van der Waals surface area contributed by atoms with Crippen molar-refractivity contribution in [3.63, 3.8) is 0 Å². The minimum atomic E-state index is -1.03. The molecular formula is C20H20O6. The average molecular weight is 356 g/mol. The first-order chi connectivity index (χ1) is 12.5. The van der Waals surface area contributed by atoms with E-state index in [1.165, 1.54) is 0 Å². The molecule has 0 saturated carbocycles. The van der Waals surface area contributed by atoms with Crippen molar-refractivity contribution in [2.24, 2.45) is 0 Å². The summed E-state index contributed by atoms with van der Waals surface area (Å²) in [5.74, 6) is 0.177. The highest BCUT2D eigenvalue weighted by Gasteiger charge is 2.07. The maximum atomic E-state index is 11.5. The van der Waals surface area contributed by atoms with Crippen molar-refractivity contribution in [3.8, 4) is 17.2 Å². The second-order valence-electron chi connectivity index (χ2n) is 5.42. The smallest absolute Gasteiger partial charge is 0.311 e. The molecule has 0 radical (unpaired) electrons. The average Bonchev–Trinajstić information content (AvgIpc) is 2.65. The van der Waals surface area contributed by atoms with Gasteiger partial charge in [-0.15, -0.1) is 0 Å². The molecule has 6 nitrogen and oxygen atoms in total. The van der Waals surface area contributed by atoms with Gasteiger partial charge >= 0.3 is 11.9 Å². The zero-order valence-corrected chi connectivity index (χ0v) is 14.6. The van der Waals surface area contributed by atoms with E-state index in [2.05, 4.69) is 0 Å². The predicted molar refractivity (Wildman–Crippen MR) is 97.4 cm³/mol. The van der Waals surface area contributed by atoms with Crippen LogP contribution >= 0.6 is 0 Å². The molecule has 0 fully saturated rings. The number of benzene rings is 2. The van der Waals surface area contributed by atoms with Crippen molar-refractivity contribution >= 4 is 24.1 Å². The fraction of sp³-hybridized carbons (Fsp3) is 0.200. The third-order valence-electron chi connectivity index (χ3n) is 3.50. The van der Waals surface area contributed by atoms with E-state index in [4.69, 9.17) is 19.3 Å². The first kappa shape index (κ1) is 19.1. The number of aliphatic carboxylic acids is 1. The molecule has 0 aliphatic rings. The van der Waals surface area contributed by atoms with E-state index in [0.717, 1.165) is 11.1 Å². The summed E-state index contributed by atoms with van der Waals surface area (Å²) < 4.78 is 15.6. The monoisotopic (exact) mass is 356 g/mol. The van der Waals surface area contributed by atoms with Gasteiger partial charge in [-0.25, -0.2) is 0 Å². The summed E-state index contributed by atoms with van der Waals surface area (Å²) in [6, 6.07) is 12.5. The first-order valence-electron chi connectivity index (χ1n) is 7.94. The summed E-state index contributed by atoms with van der Waals surface area (Å²) in [5, 5.41) is 8.55. The van der Waals surface area contributed by atoms with Gasteiger partial charge in [0.15, 0.2) is 0 Å². The molecule has 0 amide bonds. The summed E-state index contributed by atoms with van der Waals surface area (Å²) in [6.07, 6.45) is 3.42. The summed E-state index contributed by atoms with van der Waals surface area (Å²) in [6.45, 7) is 0. The number of carbonyl (C=O) groups is 2. The second kappa shape index (κ2) is 9.27. The molecule has 2 aromatic carbocycles. The van der Waals surface area contributed by atoms with E-state index in [9.17, 15) is 9.59 Å². The molecule has 0 spiro atoms. The maximum Gasteiger partial charge on any atom is 0.311 e. The van der Waals surface area contributed by atoms with Crippen molar-refractivity contribution in [1.82, 2.24) is 0 Å². The second-order valence-corrected chi connectivity index (χ2v) is 5.42. The molecule has 0 bridgehead atoms. The number of carbonyl (C=O) groups excluding carboxylic acids is 1. The van der Waals surface area contributed by atoms with Gasteiger partial charge in [0.25, 0.3) is 0 Å². The highest BCUT2D eigenvalue weighted by molar-refractivity contribution is 5.78. The summed E-state index contributed by atoms with van der Waals surface area (Å²) >= 11 is 0. The highest BCUT2D eigenvalue weighted by Crippen LogP contribution is 2.24. The topological polar surface area (TPSA) is 82.1 Å². The molecule has 136 valence electrons. The predicted octanol–water partition coefficient (Wildman–Crippen LogP) is 3.64. The third kappa shape index (κ3) is 5.98. The minimum absolute atomic E-state index is 0.158. The number of ether oxygens (including phenoxy) is 3. The van der Waals surface area contributed by atoms with Gasteiger partial charge in [0.2, 0.25) is 0 Å². The van der Waals surface area contributed by atoms with Gasteiger partial charge in [-0.1, -0.05) is 24.3 Å². The Balaban J connectivity index is 2.01. The van der Waals surface area contributed by atoms with Gasteiger partial charge in [0.05, 0.1) is 27.1 Å². The van der Waals surface area contributed by atoms with Crippen molar-refractivity contribution in [2.45, 2.75) is 12.8 Å². The van der Waals surface area contributed by atoms with Gasteiger partial charge in [0.1, 0.15) is 17.2 Å². The number of carboxylic acids is 1. The molecule has 6 heteroatoms. The molecule has 0 atom stereocenters. The van der Waals surface area contributed by atoms with Crippen LogP contribution in [0.1, 0.15) is 24.0 Å². The lowest BCUT2D eigenvalue weighted by atomic mass is 10.1. The van der Waals surface area contributed by atoms with Crippen molar-refractivity contribution < 1.29 is 28.9 Å². The van der Waals surface area contributed by atoms with Crippen LogP contribution in [0.15, 0.2) is 42.5 Å². The molecule has 0 heterocycles. The Morgan fingerprint density at radius 2 is 1.42 bits per heavy atom. The maximum absolute atomic E-state index is 11.5. The van der Waals surface area contributed by atoms with Crippen LogP contribution in [0.25, 0.3) is 12.2 Å². The molecule has 0 aromatic heterocycles. The lowest BCUT2D eigenvalue weighted by molar-refractivity contribution is -0.142. The summed E-state index contributed by atoms with van der Waals surface area (Å²) in [4.78, 5) is 21.9. The van der Waals surface area contributed by atoms with E-state index in [-0.39, 0.29) is 12.8 Å². The van der Waals surface area contributed by atoms with Crippen molar-refractivity contribution in [3.05, 3.63) is 53.6 Å². The lowest BCUT2D eigenvalue weighted by Crippen LogP contribution is -2.10. The van der Waals surface area contributed by atoms with Crippen LogP contribution in [0.2, 0.25) is 0 Å². The molecule has 2 rings (SSSR count). The zero-order valence-electron chi connectivity index (χ0n) is 14.6. The Kier molecular flexibility index (Phi) is 6.79. The van der Waals surface area contributed by atoms with Crippen LogP contribution in [0.4, 0.5) is 0 Å². The van der Waals surface area contributed by atoms with E-state index < -0.39 is 11.9 Å². The van der Waals surface area contributed by atoms with Crippen LogP contribution in [-0.4, -0.2) is 31.3 Å². The molecule has 0 aliphatic heterocycles. The highest BCUT2D eigenvalue weighted by atomic mass is 16.5. The Morgan fingerprint density at radius 1 is 0.846 bits per heavy atom. The van der Waals surface area contributed by atoms with Crippen LogP contribution < -0.4 is 14.2 Å². The summed E-state index contributed by atoms with van der Waals surface area (Å²) in [5.41, 5.74) is 1.84. The van der Waals surface area contributed by atoms with E-state index >= 15 is 0 Å². The lowest BCUT2D eigenvalue weighted by Gasteiger charge is -2.06. The van der Waals surface area contributed by atoms with Crippen molar-refractivity contribution in [2.75, 3.05) is 14.2 Å². The molecule has 0 aliphatic carbocycles. The van der Waals surface area contributed by atoms with Crippen LogP contribution in [0.5, 0.6) is 17.2 Å². The first-order valence-corrected chi connectivity index (χ1v) is 7.94. The number of rotatable bonds is 8. The Bertz CT molecular complexity index is 770. The zero-order chi connectivity index (χ0) is 18.9. The fourth-order valence-corrected chi connectivity index (χ4v) is 2.16. The van der Waals surface area contributed by atoms with Crippen molar-refractivity contribution in [1.29, 1.82) is 0 Å². The normalized spacial score (nSPS) is 10.5. The van der Waals surface area contributed by atoms with Gasteiger partial charge in [-0.2, -0.15) is 0 Å². The largest absolute Gasteiger partial charge is 0.497 e. The van der Waals surface area contributed by atoms with E-state index in [1.807, 2.05) is 24.3 Å². The molecule has 0 saturated heterocycles. The number of methoxy groups -OCH3 is 2. The molecule has 1 N–H and O–H groups in total. The number of hydrogen-bond acceptors (Lipinski definition) is 5. The molecule has 2 aromatic rings. The molecule has 26 heavy (non-hydrogen) atoms. The summed E-state index contributed by atoms with van der Waals surface area (Å²) in [7, 11) is 3.19. The Labute approximate surface area is 151 Å². The standard InChI is InChI=1S/C20H20O6/c1-24-17-11-15(12-18(13-17)25-2)4-3-14-5-7-16(8-6-14)26-20(23)10-9-19(21)22/h3-8,11-13H,9-10H2,1-2H3,(H,21,22). The number of esters is 1. The van der Waals surface area contributed by atoms with Crippen LogP contribution in [0, 0.1) is 0 Å². The van der Waals surface area contributed by atoms with Crippen LogP contribution in [0.3, 0.4) is 0 Å².